The maximum atomic E-state index is 9.25. The van der Waals surface area contributed by atoms with E-state index in [2.05, 4.69) is 0 Å². The van der Waals surface area contributed by atoms with Crippen LogP contribution in [0.3, 0.4) is 0 Å². The Morgan fingerprint density at radius 3 is 1.73 bits per heavy atom. The minimum Gasteiger partial charge on any atom is -0.395 e. The first-order valence-corrected chi connectivity index (χ1v) is 5.28. The lowest BCUT2D eigenvalue weighted by molar-refractivity contribution is 0.218. The molecule has 3 N–H and O–H groups in total. The van der Waals surface area contributed by atoms with Gasteiger partial charge in [-0.3, -0.25) is 0 Å². The zero-order valence-corrected chi connectivity index (χ0v) is 10.0. The topological polar surface area (TPSA) is 46.2 Å². The van der Waals surface area contributed by atoms with E-state index in [0.717, 1.165) is 11.1 Å². The average molecular weight is 207 g/mol. The fourth-order valence-electron chi connectivity index (χ4n) is 1.44. The van der Waals surface area contributed by atoms with Crippen molar-refractivity contribution in [1.29, 1.82) is 0 Å². The smallest absolute Gasteiger partial charge is 0.0522 e. The van der Waals surface area contributed by atoms with Gasteiger partial charge >= 0.3 is 0 Å². The normalized spacial score (nSPS) is 12.9. The summed E-state index contributed by atoms with van der Waals surface area (Å²) in [6.07, 6.45) is 0. The number of hydrogen-bond acceptors (Lipinski definition) is 2. The molecule has 1 aromatic carbocycles. The quantitative estimate of drug-likeness (QED) is 0.797. The van der Waals surface area contributed by atoms with E-state index in [1.165, 1.54) is 0 Å². The number of rotatable bonds is 3. The van der Waals surface area contributed by atoms with Crippen LogP contribution >= 0.6 is 0 Å². The van der Waals surface area contributed by atoms with Crippen molar-refractivity contribution in [2.75, 3.05) is 6.61 Å². The lowest BCUT2D eigenvalue weighted by Gasteiger charge is -2.24. The van der Waals surface area contributed by atoms with E-state index in [1.807, 2.05) is 52.0 Å². The molecule has 0 radical (unpaired) electrons. The van der Waals surface area contributed by atoms with Crippen LogP contribution in [0.2, 0.25) is 0 Å². The van der Waals surface area contributed by atoms with Gasteiger partial charge in [0.05, 0.1) is 6.61 Å². The van der Waals surface area contributed by atoms with Gasteiger partial charge in [0.1, 0.15) is 0 Å². The van der Waals surface area contributed by atoms with E-state index in [4.69, 9.17) is 5.73 Å². The molecule has 15 heavy (non-hydrogen) atoms. The van der Waals surface area contributed by atoms with Crippen molar-refractivity contribution in [3.8, 4) is 0 Å². The van der Waals surface area contributed by atoms with Gasteiger partial charge in [0, 0.05) is 11.0 Å². The van der Waals surface area contributed by atoms with Gasteiger partial charge in [-0.2, -0.15) is 0 Å². The van der Waals surface area contributed by atoms with Gasteiger partial charge in [0.2, 0.25) is 0 Å². The highest BCUT2D eigenvalue weighted by Crippen LogP contribution is 2.25. The average Bonchev–Trinajstić information content (AvgIpc) is 2.17. The fourth-order valence-corrected chi connectivity index (χ4v) is 1.44. The second-order valence-electron chi connectivity index (χ2n) is 5.34. The van der Waals surface area contributed by atoms with Crippen molar-refractivity contribution < 1.29 is 5.11 Å². The van der Waals surface area contributed by atoms with Gasteiger partial charge in [-0.25, -0.2) is 0 Å². The second-order valence-corrected chi connectivity index (χ2v) is 5.34. The molecule has 0 amide bonds. The van der Waals surface area contributed by atoms with Crippen LogP contribution < -0.4 is 5.73 Å². The van der Waals surface area contributed by atoms with Crippen molar-refractivity contribution in [2.45, 2.75) is 38.6 Å². The molecule has 0 saturated heterocycles. The maximum Gasteiger partial charge on any atom is 0.0522 e. The fraction of sp³-hybridized carbons (Fsp3) is 0.538. The van der Waals surface area contributed by atoms with Gasteiger partial charge in [-0.05, 0) is 25.0 Å². The van der Waals surface area contributed by atoms with Crippen LogP contribution in [0.1, 0.15) is 38.8 Å². The lowest BCUT2D eigenvalue weighted by atomic mass is 9.84. The molecule has 1 aromatic rings. The predicted octanol–water partition coefficient (Wildman–Crippen LogP) is 2.15. The Bertz CT molecular complexity index is 319. The molecule has 0 unspecified atom stereocenters. The largest absolute Gasteiger partial charge is 0.395 e. The Kier molecular flexibility index (Phi) is 3.22. The lowest BCUT2D eigenvalue weighted by Crippen LogP contribution is -2.29. The number of benzene rings is 1. The zero-order chi connectivity index (χ0) is 11.7. The van der Waals surface area contributed by atoms with Crippen LogP contribution in [-0.2, 0) is 11.0 Å². The van der Waals surface area contributed by atoms with Gasteiger partial charge < -0.3 is 10.8 Å². The summed E-state index contributed by atoms with van der Waals surface area (Å²) in [6.45, 7) is 8.17. The molecule has 0 bridgehead atoms. The molecule has 0 saturated carbocycles. The Morgan fingerprint density at radius 2 is 1.40 bits per heavy atom. The number of aliphatic hydroxyl groups excluding tert-OH is 1. The first kappa shape index (κ1) is 12.2. The molecule has 84 valence electrons. The van der Waals surface area contributed by atoms with Crippen molar-refractivity contribution >= 4 is 0 Å². The van der Waals surface area contributed by atoms with Crippen molar-refractivity contribution in [2.24, 2.45) is 5.73 Å². The third-order valence-corrected chi connectivity index (χ3v) is 2.81. The van der Waals surface area contributed by atoms with E-state index in [0.29, 0.717) is 0 Å². The Balaban J connectivity index is 3.01. The highest BCUT2D eigenvalue weighted by atomic mass is 16.3. The third-order valence-electron chi connectivity index (χ3n) is 2.81. The van der Waals surface area contributed by atoms with Crippen LogP contribution in [0.5, 0.6) is 0 Å². The Hall–Kier alpha value is -0.860. The van der Waals surface area contributed by atoms with E-state index >= 15 is 0 Å². The minimum absolute atomic E-state index is 0.151. The summed E-state index contributed by atoms with van der Waals surface area (Å²) in [5.41, 5.74) is 7.76. The van der Waals surface area contributed by atoms with Crippen LogP contribution in [-0.4, -0.2) is 11.7 Å². The molecule has 0 aliphatic rings. The number of aliphatic hydroxyl groups is 1. The van der Waals surface area contributed by atoms with Crippen molar-refractivity contribution in [3.05, 3.63) is 35.4 Å². The molecule has 0 aliphatic carbocycles. The van der Waals surface area contributed by atoms with Gasteiger partial charge in [-0.1, -0.05) is 38.1 Å². The first-order chi connectivity index (χ1) is 6.77. The molecule has 0 fully saturated rings. The highest BCUT2D eigenvalue weighted by Gasteiger charge is 2.20. The first-order valence-electron chi connectivity index (χ1n) is 5.28. The van der Waals surface area contributed by atoms with Crippen LogP contribution in [0.25, 0.3) is 0 Å². The summed E-state index contributed by atoms with van der Waals surface area (Å²) in [5.74, 6) is 0. The molecule has 0 aliphatic heterocycles. The van der Waals surface area contributed by atoms with Gasteiger partial charge in [0.25, 0.3) is 0 Å². The summed E-state index contributed by atoms with van der Waals surface area (Å²) < 4.78 is 0. The third kappa shape index (κ3) is 2.80. The highest BCUT2D eigenvalue weighted by molar-refractivity contribution is 5.31. The summed E-state index contributed by atoms with van der Waals surface area (Å²) in [6, 6.07) is 8.15. The van der Waals surface area contributed by atoms with Crippen molar-refractivity contribution in [1.82, 2.24) is 0 Å². The van der Waals surface area contributed by atoms with E-state index in [9.17, 15) is 5.11 Å². The molecule has 1 rings (SSSR count). The SMILES string of the molecule is CC(C)(N)c1ccc(C(C)(C)CO)cc1. The van der Waals surface area contributed by atoms with Crippen LogP contribution in [0, 0.1) is 0 Å². The standard InChI is InChI=1S/C13H21NO/c1-12(2,9-15)10-5-7-11(8-6-10)13(3,4)14/h5-8,15H,9,14H2,1-4H3. The summed E-state index contributed by atoms with van der Waals surface area (Å²) >= 11 is 0. The second kappa shape index (κ2) is 3.95. The van der Waals surface area contributed by atoms with Crippen LogP contribution in [0.15, 0.2) is 24.3 Å². The summed E-state index contributed by atoms with van der Waals surface area (Å²) in [4.78, 5) is 0. The molecule has 0 heterocycles. The molecule has 2 nitrogen and oxygen atoms in total. The summed E-state index contributed by atoms with van der Waals surface area (Å²) in [5, 5.41) is 9.25. The number of nitrogens with two attached hydrogens (primary N) is 1. The Labute approximate surface area is 92.1 Å². The van der Waals surface area contributed by atoms with E-state index < -0.39 is 0 Å². The van der Waals surface area contributed by atoms with Gasteiger partial charge in [0.15, 0.2) is 0 Å². The molecule has 0 aromatic heterocycles. The zero-order valence-electron chi connectivity index (χ0n) is 10.0. The van der Waals surface area contributed by atoms with Crippen molar-refractivity contribution in [3.63, 3.8) is 0 Å². The molecule has 0 atom stereocenters. The Morgan fingerprint density at radius 1 is 1.00 bits per heavy atom. The monoisotopic (exact) mass is 207 g/mol. The van der Waals surface area contributed by atoms with Gasteiger partial charge in [-0.15, -0.1) is 0 Å². The molecule has 2 heteroatoms. The molecular weight excluding hydrogens is 186 g/mol. The molecule has 0 spiro atoms. The number of hydrogen-bond donors (Lipinski definition) is 2. The predicted molar refractivity (Wildman–Crippen MR) is 63.8 cm³/mol. The molecular formula is C13H21NO. The van der Waals surface area contributed by atoms with E-state index in [1.54, 1.807) is 0 Å². The summed E-state index contributed by atoms with van der Waals surface area (Å²) in [7, 11) is 0. The van der Waals surface area contributed by atoms with Crippen LogP contribution in [0.4, 0.5) is 0 Å². The maximum absolute atomic E-state index is 9.25. The van der Waals surface area contributed by atoms with E-state index in [-0.39, 0.29) is 17.6 Å². The minimum atomic E-state index is -0.304.